The number of aliphatic hydroxyl groups excluding tert-OH is 4. The highest BCUT2D eigenvalue weighted by Gasteiger charge is 2.45. The van der Waals surface area contributed by atoms with Crippen LogP contribution in [0.5, 0.6) is 5.88 Å². The van der Waals surface area contributed by atoms with Crippen LogP contribution in [-0.2, 0) is 11.2 Å². The Labute approximate surface area is 184 Å². The number of carbonyl (C=O) groups excluding carboxylic acids is 1. The third-order valence-electron chi connectivity index (χ3n) is 5.19. The molecular weight excluding hydrogens is 424 g/mol. The zero-order chi connectivity index (χ0) is 22.7. The summed E-state index contributed by atoms with van der Waals surface area (Å²) >= 11 is 1.74. The van der Waals surface area contributed by atoms with E-state index in [9.17, 15) is 25.2 Å². The van der Waals surface area contributed by atoms with Gasteiger partial charge in [-0.2, -0.15) is 0 Å². The van der Waals surface area contributed by atoms with Crippen LogP contribution < -0.4 is 4.74 Å². The summed E-state index contributed by atoms with van der Waals surface area (Å²) in [7, 11) is 0. The fourth-order valence-corrected chi connectivity index (χ4v) is 4.12. The van der Waals surface area contributed by atoms with E-state index in [-0.39, 0.29) is 11.8 Å². The minimum atomic E-state index is -1.57. The summed E-state index contributed by atoms with van der Waals surface area (Å²) < 4.78 is 12.4. The topological polar surface area (TPSA) is 134 Å². The van der Waals surface area contributed by atoms with Crippen LogP contribution in [0.2, 0.25) is 0 Å². The Balaban J connectivity index is 1.89. The van der Waals surface area contributed by atoms with Crippen LogP contribution in [0, 0.1) is 6.92 Å². The molecule has 0 spiro atoms. The highest BCUT2D eigenvalue weighted by molar-refractivity contribution is 7.99. The first kappa shape index (κ1) is 23.7. The van der Waals surface area contributed by atoms with Gasteiger partial charge in [0.2, 0.25) is 18.1 Å². The summed E-state index contributed by atoms with van der Waals surface area (Å²) in [5, 5.41) is 43.9. The van der Waals surface area contributed by atoms with Gasteiger partial charge in [-0.15, -0.1) is 16.9 Å². The molecule has 10 heteroatoms. The van der Waals surface area contributed by atoms with Gasteiger partial charge in [-0.05, 0) is 30.4 Å². The molecule has 0 saturated carbocycles. The molecule has 5 atom stereocenters. The monoisotopic (exact) mass is 452 g/mol. The predicted octanol–water partition coefficient (Wildman–Crippen LogP) is 0.733. The fraction of sp³-hybridized carbons (Fsp3) is 0.524. The van der Waals surface area contributed by atoms with E-state index in [0.717, 1.165) is 16.2 Å². The Kier molecular flexibility index (Phi) is 7.73. The molecule has 1 unspecified atom stereocenters. The molecule has 0 amide bonds. The van der Waals surface area contributed by atoms with Crippen molar-refractivity contribution in [3.05, 3.63) is 41.1 Å². The molecule has 0 bridgehead atoms. The SMILES string of the molecule is CCSc1ccc(Cc2c(OC3O[C@H](CO)[C@@H](O)[C@H](O)[C@H]3O)nn(C(C)=O)c2C)cc1. The standard InChI is InChI=1S/C21H28N2O7S/c1-4-31-14-7-5-13(6-8-14)9-15-11(2)23(12(3)25)22-20(15)30-21-19(28)18(27)17(26)16(10-24)29-21/h5-8,16-19,21,24,26-28H,4,9-10H2,1-3H3/t16-,17-,18+,19-,21?/m1/s1. The van der Waals surface area contributed by atoms with Crippen molar-refractivity contribution in [1.82, 2.24) is 9.78 Å². The van der Waals surface area contributed by atoms with Gasteiger partial charge in [0.25, 0.3) is 0 Å². The lowest BCUT2D eigenvalue weighted by molar-refractivity contribution is -0.278. The van der Waals surface area contributed by atoms with Crippen molar-refractivity contribution in [3.63, 3.8) is 0 Å². The summed E-state index contributed by atoms with van der Waals surface area (Å²) in [6.07, 6.45) is -6.70. The van der Waals surface area contributed by atoms with Crippen molar-refractivity contribution >= 4 is 17.7 Å². The third kappa shape index (κ3) is 5.11. The Morgan fingerprint density at radius 1 is 1.19 bits per heavy atom. The first-order valence-corrected chi connectivity index (χ1v) is 11.0. The smallest absolute Gasteiger partial charge is 0.244 e. The van der Waals surface area contributed by atoms with Gasteiger partial charge in [-0.3, -0.25) is 4.79 Å². The van der Waals surface area contributed by atoms with E-state index in [1.165, 1.54) is 11.6 Å². The lowest BCUT2D eigenvalue weighted by Gasteiger charge is -2.39. The van der Waals surface area contributed by atoms with E-state index < -0.39 is 37.3 Å². The van der Waals surface area contributed by atoms with Crippen LogP contribution in [0.25, 0.3) is 0 Å². The number of rotatable bonds is 7. The van der Waals surface area contributed by atoms with Crippen LogP contribution in [-0.4, -0.2) is 79.2 Å². The molecule has 3 rings (SSSR count). The number of benzene rings is 1. The van der Waals surface area contributed by atoms with E-state index in [1.807, 2.05) is 24.3 Å². The molecule has 1 fully saturated rings. The van der Waals surface area contributed by atoms with Crippen LogP contribution in [0.3, 0.4) is 0 Å². The Morgan fingerprint density at radius 3 is 2.45 bits per heavy atom. The zero-order valence-electron chi connectivity index (χ0n) is 17.6. The first-order valence-electron chi connectivity index (χ1n) is 10.0. The van der Waals surface area contributed by atoms with Crippen LogP contribution >= 0.6 is 11.8 Å². The van der Waals surface area contributed by atoms with Gasteiger partial charge >= 0.3 is 0 Å². The number of aliphatic hydroxyl groups is 4. The van der Waals surface area contributed by atoms with Crippen molar-refractivity contribution < 1.29 is 34.7 Å². The average molecular weight is 453 g/mol. The highest BCUT2D eigenvalue weighted by atomic mass is 32.2. The zero-order valence-corrected chi connectivity index (χ0v) is 18.5. The van der Waals surface area contributed by atoms with Gasteiger partial charge in [0, 0.05) is 23.8 Å². The number of hydrogen-bond donors (Lipinski definition) is 4. The van der Waals surface area contributed by atoms with Crippen molar-refractivity contribution in [2.75, 3.05) is 12.4 Å². The summed E-state index contributed by atoms with van der Waals surface area (Å²) in [4.78, 5) is 13.2. The molecule has 0 aliphatic carbocycles. The van der Waals surface area contributed by atoms with Gasteiger partial charge in [0.1, 0.15) is 24.4 Å². The minimum absolute atomic E-state index is 0.0732. The maximum atomic E-state index is 12.0. The molecule has 0 radical (unpaired) electrons. The van der Waals surface area contributed by atoms with Gasteiger partial charge < -0.3 is 29.9 Å². The van der Waals surface area contributed by atoms with Crippen LogP contribution in [0.1, 0.15) is 35.5 Å². The average Bonchev–Trinajstić information content (AvgIpc) is 3.05. The van der Waals surface area contributed by atoms with Gasteiger partial charge in [-0.1, -0.05) is 19.1 Å². The molecule has 1 aromatic carbocycles. The molecule has 4 N–H and O–H groups in total. The molecule has 170 valence electrons. The molecular formula is C21H28N2O7S. The molecule has 1 saturated heterocycles. The van der Waals surface area contributed by atoms with Gasteiger partial charge in [-0.25, -0.2) is 4.68 Å². The predicted molar refractivity (Wildman–Crippen MR) is 113 cm³/mol. The second kappa shape index (κ2) is 10.1. The van der Waals surface area contributed by atoms with E-state index >= 15 is 0 Å². The largest absolute Gasteiger partial charge is 0.443 e. The van der Waals surface area contributed by atoms with E-state index in [4.69, 9.17) is 9.47 Å². The van der Waals surface area contributed by atoms with Crippen molar-refractivity contribution in [3.8, 4) is 5.88 Å². The molecule has 2 heterocycles. The van der Waals surface area contributed by atoms with E-state index in [1.54, 1.807) is 18.7 Å². The Hall–Kier alpha value is -1.95. The minimum Gasteiger partial charge on any atom is -0.443 e. The Morgan fingerprint density at radius 2 is 1.87 bits per heavy atom. The molecule has 1 aliphatic heterocycles. The van der Waals surface area contributed by atoms with E-state index in [0.29, 0.717) is 17.7 Å². The Bertz CT molecular complexity index is 900. The van der Waals surface area contributed by atoms with Crippen LogP contribution in [0.4, 0.5) is 0 Å². The third-order valence-corrected chi connectivity index (χ3v) is 6.09. The van der Waals surface area contributed by atoms with Crippen LogP contribution in [0.15, 0.2) is 29.2 Å². The number of aromatic nitrogens is 2. The second-order valence-corrected chi connectivity index (χ2v) is 8.71. The molecule has 1 aromatic heterocycles. The number of carbonyl (C=O) groups is 1. The maximum Gasteiger partial charge on any atom is 0.244 e. The summed E-state index contributed by atoms with van der Waals surface area (Å²) in [6, 6.07) is 8.01. The fourth-order valence-electron chi connectivity index (χ4n) is 3.46. The summed E-state index contributed by atoms with van der Waals surface area (Å²) in [6.45, 7) is 4.63. The maximum absolute atomic E-state index is 12.0. The molecule has 9 nitrogen and oxygen atoms in total. The number of hydrogen-bond acceptors (Lipinski definition) is 9. The van der Waals surface area contributed by atoms with Gasteiger partial charge in [0.15, 0.2) is 0 Å². The van der Waals surface area contributed by atoms with Crippen molar-refractivity contribution in [2.24, 2.45) is 0 Å². The summed E-state index contributed by atoms with van der Waals surface area (Å²) in [5.41, 5.74) is 2.19. The van der Waals surface area contributed by atoms with Gasteiger partial charge in [0.05, 0.1) is 12.3 Å². The molecule has 1 aliphatic rings. The number of ether oxygens (including phenoxy) is 2. The second-order valence-electron chi connectivity index (χ2n) is 7.37. The molecule has 2 aromatic rings. The molecule has 31 heavy (non-hydrogen) atoms. The van der Waals surface area contributed by atoms with Crippen molar-refractivity contribution in [1.29, 1.82) is 0 Å². The first-order chi connectivity index (χ1) is 14.8. The lowest BCUT2D eigenvalue weighted by Crippen LogP contribution is -2.60. The lowest BCUT2D eigenvalue weighted by atomic mass is 9.99. The number of thioether (sulfide) groups is 1. The summed E-state index contributed by atoms with van der Waals surface area (Å²) in [5.74, 6) is 0.738. The normalized spacial score (nSPS) is 26.1. The van der Waals surface area contributed by atoms with Crippen molar-refractivity contribution in [2.45, 2.75) is 62.8 Å². The highest BCUT2D eigenvalue weighted by Crippen LogP contribution is 2.30. The number of nitrogens with zero attached hydrogens (tertiary/aromatic N) is 2. The van der Waals surface area contributed by atoms with E-state index in [2.05, 4.69) is 12.0 Å². The quantitative estimate of drug-likeness (QED) is 0.449.